The summed E-state index contributed by atoms with van der Waals surface area (Å²) in [7, 11) is -2.11. The van der Waals surface area contributed by atoms with E-state index in [0.29, 0.717) is 5.92 Å². The first-order valence-electron chi connectivity index (χ1n) is 6.39. The van der Waals surface area contributed by atoms with Crippen LogP contribution in [0.15, 0.2) is 22.7 Å². The van der Waals surface area contributed by atoms with Crippen molar-refractivity contribution in [3.63, 3.8) is 0 Å². The normalized spacial score (nSPS) is 16.5. The first-order valence-corrected chi connectivity index (χ1v) is 8.83. The zero-order valence-electron chi connectivity index (χ0n) is 11.4. The van der Waals surface area contributed by atoms with Gasteiger partial charge >= 0.3 is 5.97 Å². The molecule has 2 rings (SSSR count). The van der Waals surface area contributed by atoms with Crippen LogP contribution in [0.4, 0.5) is 5.69 Å². The molecule has 0 saturated heterocycles. The van der Waals surface area contributed by atoms with Gasteiger partial charge in [-0.1, -0.05) is 6.07 Å². The largest absolute Gasteiger partial charge is 0.478 e. The number of carboxylic acids is 1. The smallest absolute Gasteiger partial charge is 0.336 e. The summed E-state index contributed by atoms with van der Waals surface area (Å²) in [6.45, 7) is 0. The Hall–Kier alpha value is -1.12. The van der Waals surface area contributed by atoms with Crippen molar-refractivity contribution in [1.82, 2.24) is 0 Å². The molecule has 1 aromatic rings. The van der Waals surface area contributed by atoms with Crippen LogP contribution in [0.5, 0.6) is 0 Å². The van der Waals surface area contributed by atoms with Crippen LogP contribution in [-0.4, -0.2) is 38.5 Å². The molecule has 0 radical (unpaired) electrons. The zero-order valence-corrected chi connectivity index (χ0v) is 13.8. The zero-order chi connectivity index (χ0) is 15.6. The van der Waals surface area contributed by atoms with E-state index in [4.69, 9.17) is 9.84 Å². The molecule has 1 aliphatic carbocycles. The summed E-state index contributed by atoms with van der Waals surface area (Å²) in [6.07, 6.45) is 1.63. The van der Waals surface area contributed by atoms with E-state index in [1.54, 1.807) is 0 Å². The molecule has 1 atom stereocenters. The molecule has 6 nitrogen and oxygen atoms in total. The van der Waals surface area contributed by atoms with E-state index in [0.717, 1.165) is 12.8 Å². The van der Waals surface area contributed by atoms with Gasteiger partial charge in [0.05, 0.1) is 27.6 Å². The predicted molar refractivity (Wildman–Crippen MR) is 82.0 cm³/mol. The molecule has 2 N–H and O–H groups in total. The molecule has 1 fully saturated rings. The van der Waals surface area contributed by atoms with Crippen LogP contribution in [0.1, 0.15) is 23.2 Å². The molecule has 1 unspecified atom stereocenters. The molecule has 0 aliphatic heterocycles. The number of nitrogens with one attached hydrogen (secondary N) is 1. The molecule has 1 aliphatic rings. The number of aromatic carboxylic acids is 1. The topological polar surface area (TPSA) is 92.7 Å². The molecule has 8 heteroatoms. The molecule has 21 heavy (non-hydrogen) atoms. The second-order valence-electron chi connectivity index (χ2n) is 4.97. The summed E-state index contributed by atoms with van der Waals surface area (Å²) in [4.78, 5) is 11.0. The molecular formula is C13H16BrNO5S. The lowest BCUT2D eigenvalue weighted by atomic mass is 10.2. The average Bonchev–Trinajstić information content (AvgIpc) is 3.22. The Bertz CT molecular complexity index is 642. The SMILES string of the molecule is COC(CS(=O)(=O)Nc1cccc(C(=O)O)c1Br)C1CC1. The van der Waals surface area contributed by atoms with E-state index in [1.807, 2.05) is 0 Å². The van der Waals surface area contributed by atoms with Crippen molar-refractivity contribution in [2.75, 3.05) is 17.6 Å². The Balaban J connectivity index is 2.16. The Morgan fingerprint density at radius 1 is 1.52 bits per heavy atom. The highest BCUT2D eigenvalue weighted by atomic mass is 79.9. The number of hydrogen-bond acceptors (Lipinski definition) is 4. The van der Waals surface area contributed by atoms with Gasteiger partial charge in [-0.3, -0.25) is 4.72 Å². The van der Waals surface area contributed by atoms with Crippen LogP contribution in [0.3, 0.4) is 0 Å². The number of sulfonamides is 1. The van der Waals surface area contributed by atoms with Crippen molar-refractivity contribution in [2.45, 2.75) is 18.9 Å². The van der Waals surface area contributed by atoms with Gasteiger partial charge in [0.2, 0.25) is 10.0 Å². The fraction of sp³-hybridized carbons (Fsp3) is 0.462. The van der Waals surface area contributed by atoms with E-state index in [9.17, 15) is 13.2 Å². The minimum absolute atomic E-state index is 0.000634. The van der Waals surface area contributed by atoms with Gasteiger partial charge in [-0.25, -0.2) is 13.2 Å². The van der Waals surface area contributed by atoms with Crippen LogP contribution in [0, 0.1) is 5.92 Å². The number of rotatable bonds is 7. The third kappa shape index (κ3) is 4.18. The number of halogens is 1. The van der Waals surface area contributed by atoms with Gasteiger partial charge in [0.1, 0.15) is 0 Å². The molecule has 0 amide bonds. The first kappa shape index (κ1) is 16.3. The maximum absolute atomic E-state index is 12.2. The van der Waals surface area contributed by atoms with E-state index < -0.39 is 16.0 Å². The van der Waals surface area contributed by atoms with Gasteiger partial charge < -0.3 is 9.84 Å². The van der Waals surface area contributed by atoms with Crippen molar-refractivity contribution in [1.29, 1.82) is 0 Å². The highest BCUT2D eigenvalue weighted by Gasteiger charge is 2.34. The molecule has 1 aromatic carbocycles. The third-order valence-corrected chi connectivity index (χ3v) is 5.48. The van der Waals surface area contributed by atoms with Crippen molar-refractivity contribution < 1.29 is 23.1 Å². The van der Waals surface area contributed by atoms with Gasteiger partial charge in [0.15, 0.2) is 0 Å². The van der Waals surface area contributed by atoms with Gasteiger partial charge in [0, 0.05) is 7.11 Å². The standard InChI is InChI=1S/C13H16BrNO5S/c1-20-11(8-5-6-8)7-21(18,19)15-10-4-2-3-9(12(10)14)13(16)17/h2-4,8,11,15H,5-7H2,1H3,(H,16,17). The van der Waals surface area contributed by atoms with Crippen LogP contribution < -0.4 is 4.72 Å². The highest BCUT2D eigenvalue weighted by molar-refractivity contribution is 9.10. The van der Waals surface area contributed by atoms with Crippen molar-refractivity contribution in [2.24, 2.45) is 5.92 Å². The van der Waals surface area contributed by atoms with Crippen molar-refractivity contribution in [3.05, 3.63) is 28.2 Å². The Morgan fingerprint density at radius 2 is 2.19 bits per heavy atom. The quantitative estimate of drug-likeness (QED) is 0.760. The number of ether oxygens (including phenoxy) is 1. The van der Waals surface area contributed by atoms with Gasteiger partial charge in [-0.05, 0) is 46.8 Å². The lowest BCUT2D eigenvalue weighted by Gasteiger charge is -2.16. The second-order valence-corrected chi connectivity index (χ2v) is 7.53. The third-order valence-electron chi connectivity index (χ3n) is 3.33. The van der Waals surface area contributed by atoms with Gasteiger partial charge in [-0.15, -0.1) is 0 Å². The fourth-order valence-electron chi connectivity index (χ4n) is 2.07. The summed E-state index contributed by atoms with van der Waals surface area (Å²) in [5, 5.41) is 9.03. The average molecular weight is 378 g/mol. The maximum atomic E-state index is 12.2. The van der Waals surface area contributed by atoms with E-state index in [-0.39, 0.29) is 27.6 Å². The van der Waals surface area contributed by atoms with Crippen LogP contribution >= 0.6 is 15.9 Å². The Labute approximate surface area is 131 Å². The predicted octanol–water partition coefficient (Wildman–Crippen LogP) is 2.31. The molecule has 116 valence electrons. The number of carboxylic acid groups (broad SMARTS) is 1. The number of benzene rings is 1. The highest BCUT2D eigenvalue weighted by Crippen LogP contribution is 2.35. The summed E-state index contributed by atoms with van der Waals surface area (Å²) >= 11 is 3.12. The van der Waals surface area contributed by atoms with Crippen LogP contribution in [-0.2, 0) is 14.8 Å². The van der Waals surface area contributed by atoms with Crippen molar-refractivity contribution >= 4 is 37.6 Å². The lowest BCUT2D eigenvalue weighted by Crippen LogP contribution is -2.29. The van der Waals surface area contributed by atoms with Gasteiger partial charge in [0.25, 0.3) is 0 Å². The Morgan fingerprint density at radius 3 is 2.71 bits per heavy atom. The van der Waals surface area contributed by atoms with Crippen LogP contribution in [0.2, 0.25) is 0 Å². The first-order chi connectivity index (χ1) is 9.84. The molecule has 0 aromatic heterocycles. The minimum Gasteiger partial charge on any atom is -0.478 e. The lowest BCUT2D eigenvalue weighted by molar-refractivity contribution is 0.0696. The minimum atomic E-state index is -3.61. The second kappa shape index (κ2) is 6.33. The molecular weight excluding hydrogens is 362 g/mol. The number of anilines is 1. The summed E-state index contributed by atoms with van der Waals surface area (Å²) in [6, 6.07) is 4.39. The van der Waals surface area contributed by atoms with Crippen molar-refractivity contribution in [3.8, 4) is 0 Å². The van der Waals surface area contributed by atoms with E-state index >= 15 is 0 Å². The summed E-state index contributed by atoms with van der Waals surface area (Å²) < 4.78 is 32.2. The molecule has 0 bridgehead atoms. The van der Waals surface area contributed by atoms with Gasteiger partial charge in [-0.2, -0.15) is 0 Å². The number of methoxy groups -OCH3 is 1. The summed E-state index contributed by atoms with van der Waals surface area (Å²) in [5.74, 6) is -0.978. The Kier molecular flexibility index (Phi) is 4.90. The number of carbonyl (C=O) groups is 1. The maximum Gasteiger partial charge on any atom is 0.336 e. The summed E-state index contributed by atoms with van der Waals surface area (Å²) in [5.41, 5.74) is 0.209. The molecule has 1 saturated carbocycles. The molecule has 0 spiro atoms. The number of hydrogen-bond donors (Lipinski definition) is 2. The fourth-order valence-corrected chi connectivity index (χ4v) is 4.16. The molecule has 0 heterocycles. The van der Waals surface area contributed by atoms with E-state index in [2.05, 4.69) is 20.7 Å². The van der Waals surface area contributed by atoms with E-state index in [1.165, 1.54) is 25.3 Å². The monoisotopic (exact) mass is 377 g/mol. The van der Waals surface area contributed by atoms with Crippen LogP contribution in [0.25, 0.3) is 0 Å².